The number of hydrogen-bond donors (Lipinski definition) is 0. The summed E-state index contributed by atoms with van der Waals surface area (Å²) in [5, 5.41) is 0. The van der Waals surface area contributed by atoms with Crippen LogP contribution in [0.5, 0.6) is 11.5 Å². The molecule has 0 bridgehead atoms. The number of ether oxygens (including phenoxy) is 3. The topological polar surface area (TPSA) is 106 Å². The second-order valence-electron chi connectivity index (χ2n) is 9.41. The predicted molar refractivity (Wildman–Crippen MR) is 160 cm³/mol. The lowest BCUT2D eigenvalue weighted by Crippen LogP contribution is -2.40. The third-order valence-electron chi connectivity index (χ3n) is 6.99. The van der Waals surface area contributed by atoms with Crippen molar-refractivity contribution in [3.8, 4) is 11.5 Å². The normalized spacial score (nSPS) is 15.2. The van der Waals surface area contributed by atoms with E-state index >= 15 is 0 Å². The van der Waals surface area contributed by atoms with Gasteiger partial charge in [0.05, 0.1) is 53.2 Å². The number of hydrogen-bond acceptors (Lipinski definition) is 8. The first-order valence-corrected chi connectivity index (χ1v) is 14.6. The summed E-state index contributed by atoms with van der Waals surface area (Å²) in [5.41, 5.74) is 3.20. The quantitative estimate of drug-likeness (QED) is 0.287. The van der Waals surface area contributed by atoms with Crippen LogP contribution in [0.25, 0.3) is 17.1 Å². The van der Waals surface area contributed by atoms with E-state index in [9.17, 15) is 14.4 Å². The first-order chi connectivity index (χ1) is 19.6. The molecule has 0 saturated carbocycles. The van der Waals surface area contributed by atoms with Crippen LogP contribution >= 0.6 is 27.3 Å². The fourth-order valence-electron chi connectivity index (χ4n) is 5.04. The van der Waals surface area contributed by atoms with Gasteiger partial charge in [0.25, 0.3) is 5.56 Å². The Hall–Kier alpha value is -3.90. The van der Waals surface area contributed by atoms with E-state index in [2.05, 4.69) is 20.9 Å². The number of carbonyl (C=O) groups is 1. The van der Waals surface area contributed by atoms with Crippen LogP contribution in [0.1, 0.15) is 37.9 Å². The van der Waals surface area contributed by atoms with Gasteiger partial charge in [0.2, 0.25) is 0 Å². The average molecular weight is 642 g/mol. The van der Waals surface area contributed by atoms with Gasteiger partial charge in [0, 0.05) is 18.6 Å². The summed E-state index contributed by atoms with van der Waals surface area (Å²) < 4.78 is 22.5. The van der Waals surface area contributed by atoms with Crippen LogP contribution in [0.4, 0.5) is 0 Å². The molecule has 1 atom stereocenters. The maximum Gasteiger partial charge on any atom is 0.338 e. The first-order valence-electron chi connectivity index (χ1n) is 13.0. The van der Waals surface area contributed by atoms with E-state index in [0.29, 0.717) is 43.2 Å². The number of esters is 1. The molecule has 214 valence electrons. The highest BCUT2D eigenvalue weighted by Gasteiger charge is 2.35. The SMILES string of the molecule is CCOC(=O)C1=C(C)N=c2s/c(=C/c3ccc4c(c3)n(C)c(=O)n4C)c(=O)n2[C@H]1c1cc(OC)c(OCC)cc1Br. The molecule has 0 spiro atoms. The molecule has 4 aromatic rings. The van der Waals surface area contributed by atoms with Crippen molar-refractivity contribution in [3.63, 3.8) is 0 Å². The van der Waals surface area contributed by atoms with Gasteiger partial charge >= 0.3 is 11.7 Å². The highest BCUT2D eigenvalue weighted by atomic mass is 79.9. The number of methoxy groups -OCH3 is 1. The number of nitrogens with zero attached hydrogens (tertiary/aromatic N) is 4. The van der Waals surface area contributed by atoms with E-state index in [4.69, 9.17) is 14.2 Å². The molecule has 0 radical (unpaired) electrons. The van der Waals surface area contributed by atoms with Crippen LogP contribution in [-0.4, -0.2) is 40.0 Å². The van der Waals surface area contributed by atoms with Gasteiger partial charge in [-0.1, -0.05) is 33.3 Å². The summed E-state index contributed by atoms with van der Waals surface area (Å²) in [6.07, 6.45) is 1.77. The molecule has 0 N–H and O–H groups in total. The number of thiazole rings is 1. The molecule has 1 aliphatic rings. The van der Waals surface area contributed by atoms with Crippen LogP contribution in [0, 0.1) is 0 Å². The van der Waals surface area contributed by atoms with Crippen molar-refractivity contribution in [2.24, 2.45) is 19.1 Å². The fourth-order valence-corrected chi connectivity index (χ4v) is 6.62. The second kappa shape index (κ2) is 11.2. The summed E-state index contributed by atoms with van der Waals surface area (Å²) in [6, 6.07) is 8.29. The number of aromatic nitrogens is 3. The van der Waals surface area contributed by atoms with Gasteiger partial charge in [-0.25, -0.2) is 14.6 Å². The van der Waals surface area contributed by atoms with Gasteiger partial charge in [-0.3, -0.25) is 18.5 Å². The van der Waals surface area contributed by atoms with Gasteiger partial charge in [0.1, 0.15) is 0 Å². The van der Waals surface area contributed by atoms with Gasteiger partial charge in [-0.15, -0.1) is 0 Å². The van der Waals surface area contributed by atoms with E-state index < -0.39 is 12.0 Å². The molecule has 10 nitrogen and oxygen atoms in total. The molecule has 0 unspecified atom stereocenters. The molecule has 0 saturated heterocycles. The third-order valence-corrected chi connectivity index (χ3v) is 8.66. The smallest absolute Gasteiger partial charge is 0.338 e. The van der Waals surface area contributed by atoms with Gasteiger partial charge in [-0.2, -0.15) is 0 Å². The molecule has 2 aromatic heterocycles. The molecular formula is C29H29BrN4O6S. The van der Waals surface area contributed by atoms with Crippen molar-refractivity contribution in [2.75, 3.05) is 20.3 Å². The Labute approximate surface area is 247 Å². The standard InChI is InChI=1S/C29H29BrN4O6S/c1-7-39-22-14-18(30)17(13-21(22)38-6)25-24(27(36)40-8-2)15(3)31-28-34(25)26(35)23(41-28)12-16-9-10-19-20(11-16)33(5)29(37)32(19)4/h9-14,25H,7-8H2,1-6H3/b23-12+/t25-/m0/s1. The predicted octanol–water partition coefficient (Wildman–Crippen LogP) is 3.16. The molecule has 0 amide bonds. The molecule has 3 heterocycles. The van der Waals surface area contributed by atoms with Crippen LogP contribution < -0.4 is 30.1 Å². The van der Waals surface area contributed by atoms with Crippen LogP contribution in [0.3, 0.4) is 0 Å². The van der Waals surface area contributed by atoms with E-state index in [1.807, 2.05) is 25.1 Å². The molecular weight excluding hydrogens is 612 g/mol. The number of fused-ring (bicyclic) bond motifs is 2. The van der Waals surface area contributed by atoms with Crippen molar-refractivity contribution in [1.82, 2.24) is 13.7 Å². The van der Waals surface area contributed by atoms with Gasteiger partial charge in [-0.05, 0) is 62.2 Å². The Morgan fingerprint density at radius 3 is 2.49 bits per heavy atom. The Kier molecular flexibility index (Phi) is 7.80. The number of carbonyl (C=O) groups excluding carboxylic acids is 1. The average Bonchev–Trinajstić information content (AvgIpc) is 3.36. The Bertz CT molecular complexity index is 1980. The number of allylic oxidation sites excluding steroid dienone is 1. The van der Waals surface area contributed by atoms with Gasteiger partial charge in [0.15, 0.2) is 16.3 Å². The minimum atomic E-state index is -0.830. The lowest BCUT2D eigenvalue weighted by molar-refractivity contribution is -0.139. The highest BCUT2D eigenvalue weighted by Crippen LogP contribution is 2.41. The second-order valence-corrected chi connectivity index (χ2v) is 11.3. The van der Waals surface area contributed by atoms with Gasteiger partial charge < -0.3 is 14.2 Å². The minimum Gasteiger partial charge on any atom is -0.493 e. The Morgan fingerprint density at radius 1 is 1.07 bits per heavy atom. The van der Waals surface area contributed by atoms with E-state index in [0.717, 1.165) is 16.6 Å². The number of halogens is 1. The summed E-state index contributed by atoms with van der Waals surface area (Å²) in [4.78, 5) is 44.8. The van der Waals surface area contributed by atoms with E-state index in [1.165, 1.54) is 23.0 Å². The Balaban J connectivity index is 1.75. The number of aryl methyl sites for hydroxylation is 2. The maximum atomic E-state index is 14.0. The monoisotopic (exact) mass is 640 g/mol. The lowest BCUT2D eigenvalue weighted by atomic mass is 9.95. The molecule has 2 aromatic carbocycles. The van der Waals surface area contributed by atoms with E-state index in [1.54, 1.807) is 55.3 Å². The van der Waals surface area contributed by atoms with Crippen molar-refractivity contribution < 1.29 is 19.0 Å². The summed E-state index contributed by atoms with van der Waals surface area (Å²) in [5.74, 6) is 0.442. The molecule has 41 heavy (non-hydrogen) atoms. The fraction of sp³-hybridized carbons (Fsp3) is 0.310. The zero-order chi connectivity index (χ0) is 29.6. The summed E-state index contributed by atoms with van der Waals surface area (Å²) >= 11 is 4.86. The summed E-state index contributed by atoms with van der Waals surface area (Å²) in [6.45, 7) is 5.95. The first kappa shape index (κ1) is 28.6. The van der Waals surface area contributed by atoms with E-state index in [-0.39, 0.29) is 23.4 Å². The van der Waals surface area contributed by atoms with Crippen molar-refractivity contribution in [1.29, 1.82) is 0 Å². The van der Waals surface area contributed by atoms with Crippen LogP contribution in [-0.2, 0) is 23.6 Å². The minimum absolute atomic E-state index is 0.130. The largest absolute Gasteiger partial charge is 0.493 e. The molecule has 5 rings (SSSR count). The third kappa shape index (κ3) is 4.84. The van der Waals surface area contributed by atoms with Crippen LogP contribution in [0.2, 0.25) is 0 Å². The number of imidazole rings is 1. The highest BCUT2D eigenvalue weighted by molar-refractivity contribution is 9.10. The van der Waals surface area contributed by atoms with Crippen molar-refractivity contribution in [3.05, 3.63) is 87.4 Å². The zero-order valence-corrected chi connectivity index (χ0v) is 25.9. The molecule has 0 aliphatic carbocycles. The molecule has 1 aliphatic heterocycles. The Morgan fingerprint density at radius 2 is 1.80 bits per heavy atom. The number of benzene rings is 2. The zero-order valence-electron chi connectivity index (χ0n) is 23.5. The summed E-state index contributed by atoms with van der Waals surface area (Å²) in [7, 11) is 4.97. The molecule has 0 fully saturated rings. The van der Waals surface area contributed by atoms with Crippen molar-refractivity contribution >= 4 is 50.3 Å². The number of rotatable bonds is 7. The van der Waals surface area contributed by atoms with Crippen LogP contribution in [0.15, 0.2) is 60.7 Å². The maximum absolute atomic E-state index is 14.0. The molecule has 12 heteroatoms. The van der Waals surface area contributed by atoms with Crippen molar-refractivity contribution in [2.45, 2.75) is 26.8 Å². The lowest BCUT2D eigenvalue weighted by Gasteiger charge is -2.26.